The summed E-state index contributed by atoms with van der Waals surface area (Å²) in [6, 6.07) is 0. The first kappa shape index (κ1) is 18.0. The topological polar surface area (TPSA) is 114 Å². The van der Waals surface area contributed by atoms with Crippen molar-refractivity contribution in [2.75, 3.05) is 25.7 Å². The molecular formula is C11H20O9S2. The highest BCUT2D eigenvalue weighted by Crippen LogP contribution is 2.32. The van der Waals surface area contributed by atoms with Crippen LogP contribution >= 0.6 is 0 Å². The Kier molecular flexibility index (Phi) is 4.89. The van der Waals surface area contributed by atoms with Crippen LogP contribution in [-0.4, -0.2) is 72.8 Å². The summed E-state index contributed by atoms with van der Waals surface area (Å²) >= 11 is 0. The third-order valence-corrected chi connectivity index (χ3v) is 4.29. The van der Waals surface area contributed by atoms with E-state index in [4.69, 9.17) is 22.6 Å². The maximum Gasteiger partial charge on any atom is 0.264 e. The molecule has 0 amide bonds. The molecule has 2 aliphatic heterocycles. The van der Waals surface area contributed by atoms with Crippen molar-refractivity contribution in [3.63, 3.8) is 0 Å². The molecule has 9 nitrogen and oxygen atoms in total. The Bertz CT molecular complexity index is 609. The first-order valence-corrected chi connectivity index (χ1v) is 10.2. The van der Waals surface area contributed by atoms with Crippen LogP contribution in [0.3, 0.4) is 0 Å². The zero-order valence-corrected chi connectivity index (χ0v) is 14.3. The summed E-state index contributed by atoms with van der Waals surface area (Å²) in [6.45, 7) is 3.46. The third kappa shape index (κ3) is 4.85. The minimum Gasteiger partial charge on any atom is -0.370 e. The average molecular weight is 360 g/mol. The molecule has 11 heteroatoms. The lowest BCUT2D eigenvalue weighted by Gasteiger charge is -2.25. The average Bonchev–Trinajstić information content (AvgIpc) is 2.79. The van der Waals surface area contributed by atoms with Gasteiger partial charge in [0.25, 0.3) is 20.2 Å². The van der Waals surface area contributed by atoms with Gasteiger partial charge in [-0.2, -0.15) is 16.8 Å². The van der Waals surface area contributed by atoms with E-state index in [0.29, 0.717) is 0 Å². The molecule has 2 saturated heterocycles. The highest BCUT2D eigenvalue weighted by molar-refractivity contribution is 7.86. The van der Waals surface area contributed by atoms with Crippen LogP contribution in [-0.2, 0) is 42.8 Å². The Hall–Kier alpha value is -0.300. The Labute approximate surface area is 130 Å². The lowest BCUT2D eigenvalue weighted by molar-refractivity contribution is -0.156. The lowest BCUT2D eigenvalue weighted by atomic mass is 10.1. The van der Waals surface area contributed by atoms with Crippen molar-refractivity contribution >= 4 is 20.2 Å². The first-order chi connectivity index (χ1) is 9.86. The molecule has 0 saturated carbocycles. The Morgan fingerprint density at radius 2 is 1.59 bits per heavy atom. The molecule has 0 aromatic rings. The monoisotopic (exact) mass is 360 g/mol. The standard InChI is InChI=1S/C11H20O9S2/c1-11(2)17-6-7(18-11)9-10(20-22(4,14)15)8(5-16-9)19-21(3,12)13/h7-10H,5-6H2,1-4H3/t7-,8+,9-,10-/m1/s1. The van der Waals surface area contributed by atoms with Gasteiger partial charge in [-0.25, -0.2) is 0 Å². The summed E-state index contributed by atoms with van der Waals surface area (Å²) in [5.41, 5.74) is 0. The molecule has 4 atom stereocenters. The SMILES string of the molecule is CC1(C)OC[C@H]([C@H]2OC[C@H](OS(C)(=O)=O)[C@H]2OS(C)(=O)=O)O1. The summed E-state index contributed by atoms with van der Waals surface area (Å²) in [5.74, 6) is -0.834. The second-order valence-corrected chi connectivity index (χ2v) is 8.97. The van der Waals surface area contributed by atoms with Crippen molar-refractivity contribution in [1.29, 1.82) is 0 Å². The zero-order chi connectivity index (χ0) is 16.8. The fraction of sp³-hybridized carbons (Fsp3) is 1.00. The van der Waals surface area contributed by atoms with Crippen molar-refractivity contribution in [2.45, 2.75) is 44.1 Å². The van der Waals surface area contributed by atoms with Gasteiger partial charge in [0, 0.05) is 0 Å². The first-order valence-electron chi connectivity index (χ1n) is 6.56. The van der Waals surface area contributed by atoms with Gasteiger partial charge in [0.2, 0.25) is 0 Å². The Morgan fingerprint density at radius 3 is 2.05 bits per heavy atom. The molecule has 0 radical (unpaired) electrons. The van der Waals surface area contributed by atoms with Crippen LogP contribution < -0.4 is 0 Å². The van der Waals surface area contributed by atoms with E-state index >= 15 is 0 Å². The van der Waals surface area contributed by atoms with Crippen molar-refractivity contribution in [3.8, 4) is 0 Å². The fourth-order valence-electron chi connectivity index (χ4n) is 2.43. The molecule has 0 aliphatic carbocycles. The van der Waals surface area contributed by atoms with Crippen molar-refractivity contribution < 1.29 is 39.4 Å². The summed E-state index contributed by atoms with van der Waals surface area (Å²) in [4.78, 5) is 0. The summed E-state index contributed by atoms with van der Waals surface area (Å²) in [5, 5.41) is 0. The third-order valence-electron chi connectivity index (χ3n) is 3.12. The molecule has 22 heavy (non-hydrogen) atoms. The Balaban J connectivity index is 2.18. The minimum atomic E-state index is -3.84. The molecule has 0 aromatic carbocycles. The maximum absolute atomic E-state index is 11.4. The normalized spacial score (nSPS) is 35.8. The molecule has 0 N–H and O–H groups in total. The highest BCUT2D eigenvalue weighted by atomic mass is 32.2. The van der Waals surface area contributed by atoms with E-state index in [-0.39, 0.29) is 13.2 Å². The van der Waals surface area contributed by atoms with Crippen LogP contribution in [0.4, 0.5) is 0 Å². The van der Waals surface area contributed by atoms with E-state index in [0.717, 1.165) is 12.5 Å². The molecule has 130 valence electrons. The van der Waals surface area contributed by atoms with E-state index in [1.807, 2.05) is 0 Å². The van der Waals surface area contributed by atoms with Crippen molar-refractivity contribution in [1.82, 2.24) is 0 Å². The van der Waals surface area contributed by atoms with Crippen LogP contribution in [0.25, 0.3) is 0 Å². The van der Waals surface area contributed by atoms with E-state index in [2.05, 4.69) is 0 Å². The smallest absolute Gasteiger partial charge is 0.264 e. The molecule has 2 rings (SSSR count). The van der Waals surface area contributed by atoms with Gasteiger partial charge in [-0.3, -0.25) is 8.37 Å². The number of rotatable bonds is 5. The van der Waals surface area contributed by atoms with Crippen molar-refractivity contribution in [3.05, 3.63) is 0 Å². The predicted molar refractivity (Wildman–Crippen MR) is 74.1 cm³/mol. The quantitative estimate of drug-likeness (QED) is 0.583. The van der Waals surface area contributed by atoms with Crippen LogP contribution in [0, 0.1) is 0 Å². The van der Waals surface area contributed by atoms with Gasteiger partial charge < -0.3 is 14.2 Å². The molecule has 2 aliphatic rings. The predicted octanol–water partition coefficient (Wildman–Crippen LogP) is -0.774. The minimum absolute atomic E-state index is 0.127. The molecule has 0 spiro atoms. The number of hydrogen-bond donors (Lipinski definition) is 0. The highest BCUT2D eigenvalue weighted by Gasteiger charge is 2.50. The molecule has 0 unspecified atom stereocenters. The van der Waals surface area contributed by atoms with Gasteiger partial charge in [0.15, 0.2) is 5.79 Å². The van der Waals surface area contributed by atoms with Gasteiger partial charge in [-0.05, 0) is 13.8 Å². The van der Waals surface area contributed by atoms with Crippen LogP contribution in [0.15, 0.2) is 0 Å². The number of hydrogen-bond acceptors (Lipinski definition) is 9. The summed E-state index contributed by atoms with van der Waals surface area (Å²) < 4.78 is 71.8. The van der Waals surface area contributed by atoms with Crippen molar-refractivity contribution in [2.24, 2.45) is 0 Å². The van der Waals surface area contributed by atoms with Gasteiger partial charge in [-0.1, -0.05) is 0 Å². The van der Waals surface area contributed by atoms with E-state index in [1.54, 1.807) is 13.8 Å². The number of ether oxygens (including phenoxy) is 3. The largest absolute Gasteiger partial charge is 0.370 e. The van der Waals surface area contributed by atoms with Crippen LogP contribution in [0.1, 0.15) is 13.8 Å². The van der Waals surface area contributed by atoms with Gasteiger partial charge >= 0.3 is 0 Å². The van der Waals surface area contributed by atoms with E-state index in [1.165, 1.54) is 0 Å². The van der Waals surface area contributed by atoms with Crippen LogP contribution in [0.2, 0.25) is 0 Å². The zero-order valence-electron chi connectivity index (χ0n) is 12.7. The fourth-order valence-corrected chi connectivity index (χ4v) is 3.68. The molecule has 2 fully saturated rings. The summed E-state index contributed by atoms with van der Waals surface area (Å²) in [7, 11) is -7.63. The van der Waals surface area contributed by atoms with Gasteiger partial charge in [0.1, 0.15) is 24.4 Å². The molecular weight excluding hydrogens is 340 g/mol. The van der Waals surface area contributed by atoms with E-state index in [9.17, 15) is 16.8 Å². The molecule has 2 heterocycles. The van der Waals surface area contributed by atoms with E-state index < -0.39 is 50.4 Å². The lowest BCUT2D eigenvalue weighted by Crippen LogP contribution is -2.44. The second kappa shape index (κ2) is 5.96. The second-order valence-electron chi connectivity index (χ2n) is 5.77. The van der Waals surface area contributed by atoms with Gasteiger partial charge in [-0.15, -0.1) is 0 Å². The molecule has 0 aromatic heterocycles. The summed E-state index contributed by atoms with van der Waals surface area (Å²) in [6.07, 6.45) is -1.86. The maximum atomic E-state index is 11.4. The van der Waals surface area contributed by atoms with Crippen LogP contribution in [0.5, 0.6) is 0 Å². The Morgan fingerprint density at radius 1 is 1.00 bits per heavy atom. The van der Waals surface area contributed by atoms with Gasteiger partial charge in [0.05, 0.1) is 25.7 Å². The molecule has 0 bridgehead atoms.